The average molecular weight is 181 g/mol. The lowest BCUT2D eigenvalue weighted by atomic mass is 10.2. The minimum Gasteiger partial charge on any atom is -0.274 e. The highest BCUT2D eigenvalue weighted by Crippen LogP contribution is 2.06. The van der Waals surface area contributed by atoms with Gasteiger partial charge >= 0.3 is 0 Å². The van der Waals surface area contributed by atoms with E-state index in [0.29, 0.717) is 5.56 Å². The zero-order valence-corrected chi connectivity index (χ0v) is 7.81. The first-order valence-corrected chi connectivity index (χ1v) is 3.76. The maximum atomic E-state index is 11.5. The minimum atomic E-state index is -0.227. The smallest absolute Gasteiger partial charge is 0.274 e. The molecule has 0 aliphatic heterocycles. The van der Waals surface area contributed by atoms with Crippen LogP contribution in [0.4, 0.5) is 0 Å². The van der Waals surface area contributed by atoms with Crippen molar-refractivity contribution in [1.82, 2.24) is 15.3 Å². The number of hydrogen-bond acceptors (Lipinski definition) is 4. The molecule has 5 nitrogen and oxygen atoms in total. The third-order valence-corrected chi connectivity index (χ3v) is 1.72. The topological polar surface area (TPSA) is 55.3 Å². The fraction of sp³-hybridized carbons (Fsp3) is 0.375. The van der Waals surface area contributed by atoms with Gasteiger partial charge in [0.05, 0.1) is 25.1 Å². The van der Waals surface area contributed by atoms with Crippen LogP contribution < -0.4 is 0 Å². The monoisotopic (exact) mass is 181 g/mol. The number of carbonyl (C=O) groups is 1. The maximum Gasteiger partial charge on any atom is 0.279 e. The van der Waals surface area contributed by atoms with Crippen LogP contribution in [-0.2, 0) is 4.84 Å². The van der Waals surface area contributed by atoms with Gasteiger partial charge in [0.15, 0.2) is 0 Å². The Morgan fingerprint density at radius 2 is 2.08 bits per heavy atom. The summed E-state index contributed by atoms with van der Waals surface area (Å²) in [5, 5.41) is 8.42. The van der Waals surface area contributed by atoms with Crippen LogP contribution in [-0.4, -0.2) is 35.3 Å². The minimum absolute atomic E-state index is 0.227. The summed E-state index contributed by atoms with van der Waals surface area (Å²) < 4.78 is 0. The molecule has 0 bridgehead atoms. The summed E-state index contributed by atoms with van der Waals surface area (Å²) in [7, 11) is 2.98. The second kappa shape index (κ2) is 3.95. The molecule has 0 radical (unpaired) electrons. The first-order chi connectivity index (χ1) is 6.16. The second-order valence-electron chi connectivity index (χ2n) is 2.57. The Kier molecular flexibility index (Phi) is 2.92. The second-order valence-corrected chi connectivity index (χ2v) is 2.57. The normalized spacial score (nSPS) is 9.77. The molecular formula is C8H11N3O2. The molecule has 0 unspecified atom stereocenters. The van der Waals surface area contributed by atoms with Gasteiger partial charge in [-0.1, -0.05) is 0 Å². The van der Waals surface area contributed by atoms with Crippen molar-refractivity contribution in [1.29, 1.82) is 0 Å². The summed E-state index contributed by atoms with van der Waals surface area (Å²) in [6, 6.07) is 0. The molecule has 1 amide bonds. The first kappa shape index (κ1) is 9.60. The van der Waals surface area contributed by atoms with Gasteiger partial charge in [-0.25, -0.2) is 5.06 Å². The predicted molar refractivity (Wildman–Crippen MR) is 45.9 cm³/mol. The molecule has 0 aliphatic carbocycles. The fourth-order valence-corrected chi connectivity index (χ4v) is 0.859. The van der Waals surface area contributed by atoms with E-state index >= 15 is 0 Å². The molecule has 1 aromatic heterocycles. The lowest BCUT2D eigenvalue weighted by Gasteiger charge is -2.13. The van der Waals surface area contributed by atoms with Crippen molar-refractivity contribution >= 4 is 5.91 Å². The Morgan fingerprint density at radius 1 is 1.46 bits per heavy atom. The van der Waals surface area contributed by atoms with Gasteiger partial charge in [0.2, 0.25) is 0 Å². The summed E-state index contributed by atoms with van der Waals surface area (Å²) in [6.07, 6.45) is 2.96. The lowest BCUT2D eigenvalue weighted by molar-refractivity contribution is -0.0757. The Hall–Kier alpha value is -1.49. The van der Waals surface area contributed by atoms with Crippen LogP contribution in [0.15, 0.2) is 12.4 Å². The molecule has 1 aromatic rings. The van der Waals surface area contributed by atoms with Crippen molar-refractivity contribution in [3.63, 3.8) is 0 Å². The van der Waals surface area contributed by atoms with Crippen molar-refractivity contribution in [3.05, 3.63) is 23.5 Å². The van der Waals surface area contributed by atoms with E-state index < -0.39 is 0 Å². The van der Waals surface area contributed by atoms with E-state index in [1.54, 1.807) is 14.0 Å². The van der Waals surface area contributed by atoms with E-state index in [2.05, 4.69) is 10.2 Å². The van der Waals surface area contributed by atoms with Crippen LogP contribution in [0.25, 0.3) is 0 Å². The number of amides is 1. The van der Waals surface area contributed by atoms with Crippen molar-refractivity contribution in [2.24, 2.45) is 0 Å². The van der Waals surface area contributed by atoms with E-state index in [1.165, 1.54) is 19.5 Å². The Bertz CT molecular complexity index is 314. The van der Waals surface area contributed by atoms with Crippen molar-refractivity contribution < 1.29 is 9.63 Å². The van der Waals surface area contributed by atoms with Crippen LogP contribution in [0.1, 0.15) is 15.9 Å². The summed E-state index contributed by atoms with van der Waals surface area (Å²) in [6.45, 7) is 1.80. The highest BCUT2D eigenvalue weighted by Gasteiger charge is 2.13. The number of aromatic nitrogens is 2. The SMILES string of the molecule is CON(C)C(=O)c1cnncc1C. The standard InChI is InChI=1S/C8H11N3O2/c1-6-4-9-10-5-7(6)8(12)11(2)13-3/h4-5H,1-3H3. The van der Waals surface area contributed by atoms with E-state index in [0.717, 1.165) is 10.6 Å². The summed E-state index contributed by atoms with van der Waals surface area (Å²) in [5.41, 5.74) is 1.28. The number of hydrogen-bond donors (Lipinski definition) is 0. The molecule has 0 aromatic carbocycles. The van der Waals surface area contributed by atoms with Crippen molar-refractivity contribution in [3.8, 4) is 0 Å². The first-order valence-electron chi connectivity index (χ1n) is 3.76. The molecule has 70 valence electrons. The van der Waals surface area contributed by atoms with Gasteiger partial charge in [0.1, 0.15) is 0 Å². The molecule has 0 saturated heterocycles. The summed E-state index contributed by atoms with van der Waals surface area (Å²) in [5.74, 6) is -0.227. The molecule has 13 heavy (non-hydrogen) atoms. The van der Waals surface area contributed by atoms with Crippen LogP contribution in [0.3, 0.4) is 0 Å². The van der Waals surface area contributed by atoms with Gasteiger partial charge in [-0.2, -0.15) is 10.2 Å². The molecule has 0 fully saturated rings. The van der Waals surface area contributed by atoms with Gasteiger partial charge in [0, 0.05) is 7.05 Å². The molecule has 0 aliphatic rings. The Balaban J connectivity index is 2.95. The molecule has 0 atom stereocenters. The van der Waals surface area contributed by atoms with E-state index in [9.17, 15) is 4.79 Å². The van der Waals surface area contributed by atoms with Gasteiger partial charge in [-0.3, -0.25) is 9.63 Å². The number of carbonyl (C=O) groups excluding carboxylic acids is 1. The van der Waals surface area contributed by atoms with Crippen molar-refractivity contribution in [2.45, 2.75) is 6.92 Å². The average Bonchev–Trinajstić information content (AvgIpc) is 2.16. The summed E-state index contributed by atoms with van der Waals surface area (Å²) in [4.78, 5) is 16.3. The van der Waals surface area contributed by atoms with E-state index in [-0.39, 0.29) is 5.91 Å². The highest BCUT2D eigenvalue weighted by molar-refractivity contribution is 5.94. The Labute approximate surface area is 76.3 Å². The van der Waals surface area contributed by atoms with Crippen LogP contribution in [0, 0.1) is 6.92 Å². The molecule has 0 saturated carbocycles. The van der Waals surface area contributed by atoms with Gasteiger partial charge < -0.3 is 0 Å². The quantitative estimate of drug-likeness (QED) is 0.620. The number of nitrogens with zero attached hydrogens (tertiary/aromatic N) is 3. The molecule has 0 N–H and O–H groups in total. The zero-order valence-electron chi connectivity index (χ0n) is 7.81. The largest absolute Gasteiger partial charge is 0.279 e. The number of hydroxylamine groups is 2. The van der Waals surface area contributed by atoms with E-state index in [4.69, 9.17) is 4.84 Å². The number of rotatable bonds is 2. The highest BCUT2D eigenvalue weighted by atomic mass is 16.7. The maximum absolute atomic E-state index is 11.5. The Morgan fingerprint density at radius 3 is 2.62 bits per heavy atom. The van der Waals surface area contributed by atoms with Gasteiger partial charge in [-0.15, -0.1) is 0 Å². The van der Waals surface area contributed by atoms with Crippen molar-refractivity contribution in [2.75, 3.05) is 14.2 Å². The molecule has 0 spiro atoms. The van der Waals surface area contributed by atoms with Crippen LogP contribution in [0.2, 0.25) is 0 Å². The molecular weight excluding hydrogens is 170 g/mol. The molecule has 1 heterocycles. The van der Waals surface area contributed by atoms with Gasteiger partial charge in [0.25, 0.3) is 5.91 Å². The lowest BCUT2D eigenvalue weighted by Crippen LogP contribution is -2.26. The molecule has 1 rings (SSSR count). The number of aryl methyl sites for hydroxylation is 1. The third kappa shape index (κ3) is 2.00. The van der Waals surface area contributed by atoms with E-state index in [1.807, 2.05) is 0 Å². The predicted octanol–water partition coefficient (Wildman–Crippen LogP) is 0.418. The summed E-state index contributed by atoms with van der Waals surface area (Å²) >= 11 is 0. The van der Waals surface area contributed by atoms with Crippen LogP contribution in [0.5, 0.6) is 0 Å². The third-order valence-electron chi connectivity index (χ3n) is 1.72. The molecule has 5 heteroatoms. The van der Waals surface area contributed by atoms with Crippen LogP contribution >= 0.6 is 0 Å². The van der Waals surface area contributed by atoms with Gasteiger partial charge in [-0.05, 0) is 12.5 Å². The zero-order chi connectivity index (χ0) is 9.84. The fourth-order valence-electron chi connectivity index (χ4n) is 0.859.